The van der Waals surface area contributed by atoms with Gasteiger partial charge in [-0.15, -0.1) is 5.92 Å². The van der Waals surface area contributed by atoms with Crippen molar-refractivity contribution in [1.82, 2.24) is 5.32 Å². The van der Waals surface area contributed by atoms with Crippen LogP contribution in [0.5, 0.6) is 0 Å². The fourth-order valence-electron chi connectivity index (χ4n) is 0.670. The van der Waals surface area contributed by atoms with Gasteiger partial charge in [-0.3, -0.25) is 0 Å². The first kappa shape index (κ1) is 11.7. The summed E-state index contributed by atoms with van der Waals surface area (Å²) in [5, 5.41) is 2.95. The third kappa shape index (κ3) is 5.94. The maximum atomic E-state index is 11.0. The van der Waals surface area contributed by atoms with Gasteiger partial charge in [0.05, 0.1) is 13.2 Å². The maximum Gasteiger partial charge on any atom is 0.334 e. The summed E-state index contributed by atoms with van der Waals surface area (Å²) in [5.74, 6) is 5.21. The molecule has 0 aliphatic heterocycles. The van der Waals surface area contributed by atoms with E-state index in [0.717, 1.165) is 0 Å². The average molecular weight is 181 g/mol. The molecule has 0 atom stereocenters. The molecule has 0 fully saturated rings. The van der Waals surface area contributed by atoms with Crippen molar-refractivity contribution in [2.75, 3.05) is 19.7 Å². The first-order valence-corrected chi connectivity index (χ1v) is 4.17. The van der Waals surface area contributed by atoms with E-state index in [9.17, 15) is 4.79 Å². The second-order valence-electron chi connectivity index (χ2n) is 2.35. The fraction of sp³-hybridized carbons (Fsp3) is 0.500. The topological polar surface area (TPSA) is 38.3 Å². The minimum Gasteiger partial charge on any atom is -0.463 e. The molecule has 0 heterocycles. The van der Waals surface area contributed by atoms with Gasteiger partial charge in [0.15, 0.2) is 0 Å². The normalized spacial score (nSPS) is 8.46. The Labute approximate surface area is 79.2 Å². The van der Waals surface area contributed by atoms with Gasteiger partial charge in [-0.05, 0) is 13.8 Å². The Morgan fingerprint density at radius 3 is 2.85 bits per heavy atom. The summed E-state index contributed by atoms with van der Waals surface area (Å²) in [7, 11) is 0. The highest BCUT2D eigenvalue weighted by molar-refractivity contribution is 5.88. The molecule has 0 aromatic heterocycles. The van der Waals surface area contributed by atoms with E-state index >= 15 is 0 Å². The van der Waals surface area contributed by atoms with Crippen molar-refractivity contribution in [2.24, 2.45) is 0 Å². The van der Waals surface area contributed by atoms with Gasteiger partial charge >= 0.3 is 5.97 Å². The molecule has 0 unspecified atom stereocenters. The van der Waals surface area contributed by atoms with Gasteiger partial charge < -0.3 is 10.1 Å². The number of hydrogen-bond donors (Lipinski definition) is 1. The molecule has 13 heavy (non-hydrogen) atoms. The van der Waals surface area contributed by atoms with Crippen molar-refractivity contribution in [3.63, 3.8) is 0 Å². The van der Waals surface area contributed by atoms with Gasteiger partial charge in [-0.25, -0.2) is 4.79 Å². The molecule has 0 rings (SSSR count). The van der Waals surface area contributed by atoms with Crippen LogP contribution in [0.4, 0.5) is 0 Å². The molecule has 0 aliphatic carbocycles. The number of esters is 1. The van der Waals surface area contributed by atoms with E-state index in [1.807, 2.05) is 0 Å². The third-order valence-corrected chi connectivity index (χ3v) is 1.29. The Kier molecular flexibility index (Phi) is 6.66. The van der Waals surface area contributed by atoms with E-state index in [0.29, 0.717) is 25.3 Å². The maximum absolute atomic E-state index is 11.0. The van der Waals surface area contributed by atoms with Crippen LogP contribution in [0.1, 0.15) is 13.8 Å². The summed E-state index contributed by atoms with van der Waals surface area (Å²) < 4.78 is 4.75. The molecule has 3 nitrogen and oxygen atoms in total. The van der Waals surface area contributed by atoms with Crippen LogP contribution in [0, 0.1) is 11.8 Å². The van der Waals surface area contributed by atoms with Crippen LogP contribution in [0.3, 0.4) is 0 Å². The summed E-state index contributed by atoms with van der Waals surface area (Å²) in [6, 6.07) is 0. The van der Waals surface area contributed by atoms with Gasteiger partial charge in [0.1, 0.15) is 0 Å². The van der Waals surface area contributed by atoms with E-state index in [1.165, 1.54) is 0 Å². The molecule has 0 aromatic rings. The summed E-state index contributed by atoms with van der Waals surface area (Å²) in [6.07, 6.45) is 0. The zero-order chi connectivity index (χ0) is 10.1. The van der Waals surface area contributed by atoms with E-state index < -0.39 is 0 Å². The molecule has 0 radical (unpaired) electrons. The van der Waals surface area contributed by atoms with Gasteiger partial charge in [-0.1, -0.05) is 12.5 Å². The Bertz CT molecular complexity index is 235. The molecule has 0 aliphatic rings. The largest absolute Gasteiger partial charge is 0.463 e. The Morgan fingerprint density at radius 2 is 2.31 bits per heavy atom. The van der Waals surface area contributed by atoms with E-state index in [4.69, 9.17) is 4.74 Å². The molecule has 0 bridgehead atoms. The summed E-state index contributed by atoms with van der Waals surface area (Å²) in [4.78, 5) is 11.0. The van der Waals surface area contributed by atoms with Crippen molar-refractivity contribution < 1.29 is 9.53 Å². The molecule has 0 saturated carbocycles. The van der Waals surface area contributed by atoms with Crippen LogP contribution in [0.2, 0.25) is 0 Å². The molecular weight excluding hydrogens is 166 g/mol. The first-order valence-electron chi connectivity index (χ1n) is 4.17. The highest BCUT2D eigenvalue weighted by Crippen LogP contribution is 1.91. The predicted octanol–water partition coefficient (Wildman–Crippen LogP) is 0.719. The smallest absolute Gasteiger partial charge is 0.334 e. The molecule has 3 heteroatoms. The molecule has 0 saturated heterocycles. The quantitative estimate of drug-likeness (QED) is 0.294. The molecule has 72 valence electrons. The zero-order valence-corrected chi connectivity index (χ0v) is 8.14. The summed E-state index contributed by atoms with van der Waals surface area (Å²) in [5.41, 5.74) is 0.430. The lowest BCUT2D eigenvalue weighted by Crippen LogP contribution is -2.22. The standard InChI is InChI=1S/C10H15NO2/c1-4-6-7-11-8-9(3)10(12)13-5-2/h11H,3,5,7-8H2,1-2H3. The number of hydrogen-bond acceptors (Lipinski definition) is 3. The van der Waals surface area contributed by atoms with Crippen LogP contribution in [0.25, 0.3) is 0 Å². The Morgan fingerprint density at radius 1 is 1.62 bits per heavy atom. The molecule has 1 N–H and O–H groups in total. The van der Waals surface area contributed by atoms with Crippen molar-refractivity contribution in [2.45, 2.75) is 13.8 Å². The minimum atomic E-state index is -0.348. The lowest BCUT2D eigenvalue weighted by atomic mass is 10.3. The molecular formula is C10H15NO2. The fourth-order valence-corrected chi connectivity index (χ4v) is 0.670. The number of nitrogens with one attached hydrogen (secondary N) is 1. The van der Waals surface area contributed by atoms with Crippen molar-refractivity contribution in [3.05, 3.63) is 12.2 Å². The molecule has 0 spiro atoms. The molecule has 0 aromatic carbocycles. The van der Waals surface area contributed by atoms with Gasteiger partial charge in [0, 0.05) is 12.1 Å². The van der Waals surface area contributed by atoms with E-state index in [1.54, 1.807) is 13.8 Å². The zero-order valence-electron chi connectivity index (χ0n) is 8.14. The third-order valence-electron chi connectivity index (χ3n) is 1.29. The van der Waals surface area contributed by atoms with Gasteiger partial charge in [-0.2, -0.15) is 0 Å². The summed E-state index contributed by atoms with van der Waals surface area (Å²) in [6.45, 7) is 8.49. The Balaban J connectivity index is 3.60. The van der Waals surface area contributed by atoms with Gasteiger partial charge in [0.2, 0.25) is 0 Å². The Hall–Kier alpha value is -1.27. The lowest BCUT2D eigenvalue weighted by molar-refractivity contribution is -0.138. The average Bonchev–Trinajstić information content (AvgIpc) is 2.12. The van der Waals surface area contributed by atoms with Crippen molar-refractivity contribution >= 4 is 5.97 Å². The second-order valence-corrected chi connectivity index (χ2v) is 2.35. The minimum absolute atomic E-state index is 0.348. The number of rotatable bonds is 5. The monoisotopic (exact) mass is 181 g/mol. The van der Waals surface area contributed by atoms with Crippen LogP contribution in [0.15, 0.2) is 12.2 Å². The number of carbonyl (C=O) groups excluding carboxylic acids is 1. The predicted molar refractivity (Wildman–Crippen MR) is 52.1 cm³/mol. The van der Waals surface area contributed by atoms with Crippen LogP contribution >= 0.6 is 0 Å². The van der Waals surface area contributed by atoms with Crippen LogP contribution in [-0.4, -0.2) is 25.7 Å². The highest BCUT2D eigenvalue weighted by atomic mass is 16.5. The second kappa shape index (κ2) is 7.38. The lowest BCUT2D eigenvalue weighted by Gasteiger charge is -2.04. The van der Waals surface area contributed by atoms with E-state index in [2.05, 4.69) is 23.7 Å². The number of carbonyl (C=O) groups is 1. The first-order chi connectivity index (χ1) is 6.22. The molecule has 0 amide bonds. The van der Waals surface area contributed by atoms with Crippen molar-refractivity contribution in [3.8, 4) is 11.8 Å². The highest BCUT2D eigenvalue weighted by Gasteiger charge is 2.05. The van der Waals surface area contributed by atoms with Crippen LogP contribution < -0.4 is 5.32 Å². The van der Waals surface area contributed by atoms with Crippen molar-refractivity contribution in [1.29, 1.82) is 0 Å². The van der Waals surface area contributed by atoms with Crippen LogP contribution in [-0.2, 0) is 9.53 Å². The van der Waals surface area contributed by atoms with E-state index in [-0.39, 0.29) is 5.97 Å². The number of ether oxygens (including phenoxy) is 1. The van der Waals surface area contributed by atoms with Gasteiger partial charge in [0.25, 0.3) is 0 Å². The summed E-state index contributed by atoms with van der Waals surface area (Å²) >= 11 is 0. The SMILES string of the molecule is C=C(CNCC#CC)C(=O)OCC.